The molecule has 0 saturated carbocycles. The first-order valence-corrected chi connectivity index (χ1v) is 5.97. The number of para-hydroxylation sites is 1. The number of fused-ring (bicyclic) bond motifs is 1. The molecular weight excluding hydrogens is 230 g/mol. The summed E-state index contributed by atoms with van der Waals surface area (Å²) < 4.78 is 1.83. The summed E-state index contributed by atoms with van der Waals surface area (Å²) in [5, 5.41) is 27.1. The highest BCUT2D eigenvalue weighted by molar-refractivity contribution is 5.81. The summed E-state index contributed by atoms with van der Waals surface area (Å²) in [6.45, 7) is 2.06. The fourth-order valence-electron chi connectivity index (χ4n) is 1.88. The molecule has 0 radical (unpaired) electrons. The van der Waals surface area contributed by atoms with E-state index in [0.717, 1.165) is 16.6 Å². The van der Waals surface area contributed by atoms with Crippen molar-refractivity contribution in [3.05, 3.63) is 30.0 Å². The summed E-state index contributed by atoms with van der Waals surface area (Å²) in [7, 11) is 1.91. The lowest BCUT2D eigenvalue weighted by molar-refractivity contribution is 0.103. The molecule has 1 aromatic carbocycles. The van der Waals surface area contributed by atoms with E-state index in [-0.39, 0.29) is 13.2 Å². The fraction of sp³-hybridized carbons (Fsp3) is 0.462. The van der Waals surface area contributed by atoms with Crippen LogP contribution >= 0.6 is 0 Å². The first kappa shape index (κ1) is 13.0. The molecule has 3 N–H and O–H groups in total. The Morgan fingerprint density at radius 2 is 1.94 bits per heavy atom. The quantitative estimate of drug-likeness (QED) is 0.717. The monoisotopic (exact) mass is 249 g/mol. The maximum Gasteiger partial charge on any atom is 0.0841 e. The van der Waals surface area contributed by atoms with Gasteiger partial charge in [0.1, 0.15) is 0 Å². The van der Waals surface area contributed by atoms with Gasteiger partial charge in [-0.05, 0) is 13.0 Å². The van der Waals surface area contributed by atoms with Crippen LogP contribution in [-0.4, -0.2) is 38.7 Å². The van der Waals surface area contributed by atoms with Crippen molar-refractivity contribution in [1.29, 1.82) is 0 Å². The van der Waals surface area contributed by atoms with Gasteiger partial charge in [0.05, 0.1) is 30.0 Å². The van der Waals surface area contributed by atoms with Crippen LogP contribution < -0.4 is 5.32 Å². The van der Waals surface area contributed by atoms with Gasteiger partial charge in [-0.25, -0.2) is 0 Å². The number of rotatable bonds is 5. The zero-order valence-corrected chi connectivity index (χ0v) is 10.7. The summed E-state index contributed by atoms with van der Waals surface area (Å²) >= 11 is 0. The lowest BCUT2D eigenvalue weighted by atomic mass is 10.1. The van der Waals surface area contributed by atoms with Crippen LogP contribution in [0.2, 0.25) is 0 Å². The number of aryl methyl sites for hydroxylation is 1. The molecule has 1 aromatic heterocycles. The Kier molecular flexibility index (Phi) is 3.65. The maximum atomic E-state index is 9.23. The second kappa shape index (κ2) is 5.06. The number of hydrogen-bond acceptors (Lipinski definition) is 4. The largest absolute Gasteiger partial charge is 0.394 e. The molecule has 2 rings (SSSR count). The molecule has 2 aromatic rings. The van der Waals surface area contributed by atoms with E-state index >= 15 is 0 Å². The van der Waals surface area contributed by atoms with Crippen molar-refractivity contribution in [2.24, 2.45) is 7.05 Å². The first-order valence-electron chi connectivity index (χ1n) is 5.97. The Balaban J connectivity index is 2.22. The predicted molar refractivity (Wildman–Crippen MR) is 70.1 cm³/mol. The van der Waals surface area contributed by atoms with Crippen molar-refractivity contribution in [2.45, 2.75) is 19.0 Å². The van der Waals surface area contributed by atoms with Crippen LogP contribution in [0.15, 0.2) is 24.3 Å². The standard InChI is InChI=1S/C13H19N3O2/c1-13(8-17,9-18)14-7-11-10-5-3-4-6-12(10)16(2)15-11/h3-6,14,17-18H,7-9H2,1-2H3. The molecule has 0 bridgehead atoms. The van der Waals surface area contributed by atoms with Crippen LogP contribution in [0, 0.1) is 0 Å². The highest BCUT2D eigenvalue weighted by Gasteiger charge is 2.22. The molecular formula is C13H19N3O2. The normalized spacial score (nSPS) is 12.2. The molecule has 0 unspecified atom stereocenters. The first-order chi connectivity index (χ1) is 8.59. The Labute approximate surface area is 106 Å². The van der Waals surface area contributed by atoms with Gasteiger partial charge in [-0.2, -0.15) is 5.10 Å². The lowest BCUT2D eigenvalue weighted by Gasteiger charge is -2.25. The third kappa shape index (κ3) is 2.38. The zero-order valence-electron chi connectivity index (χ0n) is 10.7. The minimum Gasteiger partial charge on any atom is -0.394 e. The molecule has 98 valence electrons. The summed E-state index contributed by atoms with van der Waals surface area (Å²) in [5.41, 5.74) is 1.31. The summed E-state index contributed by atoms with van der Waals surface area (Å²) in [4.78, 5) is 0. The SMILES string of the molecule is Cn1nc(CNC(C)(CO)CO)c2ccccc21. The predicted octanol–water partition coefficient (Wildman–Crippen LogP) is 0.406. The van der Waals surface area contributed by atoms with Gasteiger partial charge in [0, 0.05) is 19.0 Å². The van der Waals surface area contributed by atoms with Crippen molar-refractivity contribution >= 4 is 10.9 Å². The average Bonchev–Trinajstić information content (AvgIpc) is 2.74. The number of hydrogen-bond donors (Lipinski definition) is 3. The van der Waals surface area contributed by atoms with E-state index in [0.29, 0.717) is 6.54 Å². The van der Waals surface area contributed by atoms with Crippen molar-refractivity contribution in [1.82, 2.24) is 15.1 Å². The average molecular weight is 249 g/mol. The molecule has 0 atom stereocenters. The van der Waals surface area contributed by atoms with Crippen LogP contribution in [0.5, 0.6) is 0 Å². The Morgan fingerprint density at radius 1 is 1.28 bits per heavy atom. The van der Waals surface area contributed by atoms with Crippen molar-refractivity contribution in [3.8, 4) is 0 Å². The number of nitrogens with one attached hydrogen (secondary N) is 1. The molecule has 0 aliphatic rings. The maximum absolute atomic E-state index is 9.23. The number of aliphatic hydroxyl groups excluding tert-OH is 2. The molecule has 0 aliphatic heterocycles. The van der Waals surface area contributed by atoms with Gasteiger partial charge in [-0.1, -0.05) is 18.2 Å². The third-order valence-electron chi connectivity index (χ3n) is 3.21. The van der Waals surface area contributed by atoms with E-state index in [1.807, 2.05) is 36.0 Å². The van der Waals surface area contributed by atoms with E-state index in [9.17, 15) is 10.2 Å². The molecule has 5 heteroatoms. The van der Waals surface area contributed by atoms with Crippen LogP contribution in [0.3, 0.4) is 0 Å². The van der Waals surface area contributed by atoms with Crippen molar-refractivity contribution in [3.63, 3.8) is 0 Å². The van der Waals surface area contributed by atoms with Crippen LogP contribution in [-0.2, 0) is 13.6 Å². The second-order valence-electron chi connectivity index (χ2n) is 4.82. The van der Waals surface area contributed by atoms with Gasteiger partial charge in [0.15, 0.2) is 0 Å². The number of aromatic nitrogens is 2. The molecule has 0 fully saturated rings. The Bertz CT molecular complexity index is 532. The lowest BCUT2D eigenvalue weighted by Crippen LogP contribution is -2.48. The van der Waals surface area contributed by atoms with Crippen LogP contribution in [0.25, 0.3) is 10.9 Å². The zero-order chi connectivity index (χ0) is 13.2. The second-order valence-corrected chi connectivity index (χ2v) is 4.82. The number of aliphatic hydroxyl groups is 2. The number of benzene rings is 1. The van der Waals surface area contributed by atoms with Crippen LogP contribution in [0.4, 0.5) is 0 Å². The molecule has 0 saturated heterocycles. The topological polar surface area (TPSA) is 70.3 Å². The van der Waals surface area contributed by atoms with E-state index in [4.69, 9.17) is 0 Å². The van der Waals surface area contributed by atoms with Gasteiger partial charge in [-0.3, -0.25) is 4.68 Å². The highest BCUT2D eigenvalue weighted by Crippen LogP contribution is 2.17. The minimum absolute atomic E-state index is 0.117. The van der Waals surface area contributed by atoms with Gasteiger partial charge in [0.2, 0.25) is 0 Å². The molecule has 0 aliphatic carbocycles. The Hall–Kier alpha value is -1.43. The molecule has 0 amide bonds. The van der Waals surface area contributed by atoms with Crippen molar-refractivity contribution < 1.29 is 10.2 Å². The summed E-state index contributed by atoms with van der Waals surface area (Å²) in [5.74, 6) is 0. The molecule has 5 nitrogen and oxygen atoms in total. The Morgan fingerprint density at radius 3 is 2.61 bits per heavy atom. The minimum atomic E-state index is -0.682. The summed E-state index contributed by atoms with van der Waals surface area (Å²) in [6.07, 6.45) is 0. The third-order valence-corrected chi connectivity index (χ3v) is 3.21. The van der Waals surface area contributed by atoms with E-state index in [1.54, 1.807) is 6.92 Å². The van der Waals surface area contributed by atoms with E-state index in [2.05, 4.69) is 10.4 Å². The van der Waals surface area contributed by atoms with Crippen LogP contribution in [0.1, 0.15) is 12.6 Å². The smallest absolute Gasteiger partial charge is 0.0841 e. The van der Waals surface area contributed by atoms with E-state index < -0.39 is 5.54 Å². The molecule has 18 heavy (non-hydrogen) atoms. The summed E-state index contributed by atoms with van der Waals surface area (Å²) in [6, 6.07) is 8.00. The van der Waals surface area contributed by atoms with Gasteiger partial charge < -0.3 is 15.5 Å². The molecule has 0 spiro atoms. The fourth-order valence-corrected chi connectivity index (χ4v) is 1.88. The van der Waals surface area contributed by atoms with Gasteiger partial charge in [0.25, 0.3) is 0 Å². The van der Waals surface area contributed by atoms with Gasteiger partial charge >= 0.3 is 0 Å². The van der Waals surface area contributed by atoms with Gasteiger partial charge in [-0.15, -0.1) is 0 Å². The van der Waals surface area contributed by atoms with E-state index in [1.165, 1.54) is 0 Å². The number of nitrogens with zero attached hydrogens (tertiary/aromatic N) is 2. The van der Waals surface area contributed by atoms with Crippen molar-refractivity contribution in [2.75, 3.05) is 13.2 Å². The highest BCUT2D eigenvalue weighted by atomic mass is 16.3. The molecule has 1 heterocycles.